The molecule has 0 aromatic rings. The number of carbonyl (C=O) groups excluding carboxylic acids is 1. The summed E-state index contributed by atoms with van der Waals surface area (Å²) < 4.78 is 36.8. The van der Waals surface area contributed by atoms with E-state index in [4.69, 9.17) is 0 Å². The second kappa shape index (κ2) is 5.60. The second-order valence-corrected chi connectivity index (χ2v) is 4.58. The van der Waals surface area contributed by atoms with E-state index in [1.807, 2.05) is 0 Å². The number of nitrogens with zero attached hydrogens (tertiary/aromatic N) is 2. The third-order valence-electron chi connectivity index (χ3n) is 3.08. The van der Waals surface area contributed by atoms with Gasteiger partial charge in [-0.2, -0.15) is 13.2 Å². The zero-order valence-electron chi connectivity index (χ0n) is 10.3. The van der Waals surface area contributed by atoms with E-state index in [2.05, 4.69) is 6.92 Å². The predicted molar refractivity (Wildman–Crippen MR) is 58.7 cm³/mol. The average Bonchev–Trinajstić information content (AvgIpc) is 2.25. The highest BCUT2D eigenvalue weighted by atomic mass is 19.4. The smallest absolute Gasteiger partial charge is 0.325 e. The normalized spacial score (nSPS) is 18.3. The number of piperidine rings is 1. The van der Waals surface area contributed by atoms with E-state index < -0.39 is 18.8 Å². The van der Waals surface area contributed by atoms with Crippen molar-refractivity contribution in [3.63, 3.8) is 0 Å². The van der Waals surface area contributed by atoms with E-state index in [0.29, 0.717) is 19.0 Å². The van der Waals surface area contributed by atoms with Crippen LogP contribution in [-0.2, 0) is 0 Å². The van der Waals surface area contributed by atoms with Gasteiger partial charge in [-0.15, -0.1) is 0 Å². The molecule has 0 atom stereocenters. The first-order valence-electron chi connectivity index (χ1n) is 5.94. The van der Waals surface area contributed by atoms with E-state index >= 15 is 0 Å². The second-order valence-electron chi connectivity index (χ2n) is 4.58. The Balaban J connectivity index is 2.54. The molecule has 1 aliphatic heterocycles. The van der Waals surface area contributed by atoms with Crippen molar-refractivity contribution in [2.45, 2.75) is 32.9 Å². The van der Waals surface area contributed by atoms with Gasteiger partial charge < -0.3 is 9.80 Å². The Morgan fingerprint density at radius 1 is 1.35 bits per heavy atom. The number of hydrogen-bond acceptors (Lipinski definition) is 1. The molecule has 100 valence electrons. The van der Waals surface area contributed by atoms with Gasteiger partial charge in [-0.1, -0.05) is 6.92 Å². The number of amides is 2. The van der Waals surface area contributed by atoms with Gasteiger partial charge in [-0.05, 0) is 25.7 Å². The average molecular weight is 252 g/mol. The summed E-state index contributed by atoms with van der Waals surface area (Å²) in [6, 6.07) is -0.489. The van der Waals surface area contributed by atoms with Crippen LogP contribution in [-0.4, -0.2) is 48.2 Å². The lowest BCUT2D eigenvalue weighted by molar-refractivity contribution is -0.140. The molecule has 3 nitrogen and oxygen atoms in total. The molecule has 0 N–H and O–H groups in total. The highest BCUT2D eigenvalue weighted by Gasteiger charge is 2.34. The number of urea groups is 1. The molecular weight excluding hydrogens is 233 g/mol. The molecule has 0 saturated carbocycles. The Bertz CT molecular complexity index is 260. The van der Waals surface area contributed by atoms with Crippen LogP contribution in [0.4, 0.5) is 18.0 Å². The number of hydrogen-bond donors (Lipinski definition) is 0. The van der Waals surface area contributed by atoms with Gasteiger partial charge in [0.25, 0.3) is 0 Å². The maximum Gasteiger partial charge on any atom is 0.406 e. The van der Waals surface area contributed by atoms with Gasteiger partial charge in [0.1, 0.15) is 6.54 Å². The zero-order chi connectivity index (χ0) is 13.1. The van der Waals surface area contributed by atoms with Crippen LogP contribution in [0.2, 0.25) is 0 Å². The van der Waals surface area contributed by atoms with Gasteiger partial charge in [0, 0.05) is 19.6 Å². The third kappa shape index (κ3) is 4.44. The molecule has 0 aromatic carbocycles. The lowest BCUT2D eigenvalue weighted by Gasteiger charge is -2.34. The van der Waals surface area contributed by atoms with E-state index in [9.17, 15) is 18.0 Å². The van der Waals surface area contributed by atoms with Crippen LogP contribution in [0.3, 0.4) is 0 Å². The number of rotatable bonds is 2. The molecule has 0 aromatic heterocycles. The fourth-order valence-corrected chi connectivity index (χ4v) is 1.93. The molecule has 1 heterocycles. The first-order valence-corrected chi connectivity index (χ1v) is 5.94. The first kappa shape index (κ1) is 14.1. The minimum atomic E-state index is -4.32. The summed E-state index contributed by atoms with van der Waals surface area (Å²) in [6.07, 6.45) is -2.58. The summed E-state index contributed by atoms with van der Waals surface area (Å²) in [6.45, 7) is 3.72. The molecule has 0 bridgehead atoms. The first-order chi connectivity index (χ1) is 7.83. The molecule has 1 fully saturated rings. The molecular formula is C11H19F3N2O. The van der Waals surface area contributed by atoms with Crippen molar-refractivity contribution < 1.29 is 18.0 Å². The van der Waals surface area contributed by atoms with Gasteiger partial charge in [-0.3, -0.25) is 0 Å². The van der Waals surface area contributed by atoms with Crippen LogP contribution >= 0.6 is 0 Å². The molecule has 1 rings (SSSR count). The molecule has 1 aliphatic rings. The molecule has 0 unspecified atom stereocenters. The maximum absolute atomic E-state index is 12.3. The summed E-state index contributed by atoms with van der Waals surface area (Å²) in [5.41, 5.74) is 0. The van der Waals surface area contributed by atoms with Crippen molar-refractivity contribution in [1.29, 1.82) is 0 Å². The molecule has 0 radical (unpaired) electrons. The Morgan fingerprint density at radius 3 is 2.29 bits per heavy atom. The lowest BCUT2D eigenvalue weighted by Crippen LogP contribution is -2.49. The fraction of sp³-hybridized carbons (Fsp3) is 0.909. The van der Waals surface area contributed by atoms with Crippen molar-refractivity contribution in [2.75, 3.05) is 26.2 Å². The van der Waals surface area contributed by atoms with Gasteiger partial charge in [-0.25, -0.2) is 4.79 Å². The van der Waals surface area contributed by atoms with Gasteiger partial charge >= 0.3 is 12.2 Å². The van der Waals surface area contributed by atoms with Crippen molar-refractivity contribution in [3.05, 3.63) is 0 Å². The standard InChI is InChI=1S/C11H19F3N2O/c1-3-15(8-11(12,13)14)10(17)16-6-4-9(2)5-7-16/h9H,3-8H2,1-2H3. The monoisotopic (exact) mass is 252 g/mol. The van der Waals surface area contributed by atoms with Gasteiger partial charge in [0.05, 0.1) is 0 Å². The van der Waals surface area contributed by atoms with E-state index in [1.54, 1.807) is 6.92 Å². The van der Waals surface area contributed by atoms with Crippen LogP contribution in [0.5, 0.6) is 0 Å². The van der Waals surface area contributed by atoms with Crippen LogP contribution < -0.4 is 0 Å². The summed E-state index contributed by atoms with van der Waals surface area (Å²) in [5.74, 6) is 0.553. The van der Waals surface area contributed by atoms with Crippen LogP contribution in [0, 0.1) is 5.92 Å². The van der Waals surface area contributed by atoms with E-state index in [-0.39, 0.29) is 6.54 Å². The molecule has 2 amide bonds. The minimum absolute atomic E-state index is 0.0877. The fourth-order valence-electron chi connectivity index (χ4n) is 1.93. The number of carbonyl (C=O) groups is 1. The zero-order valence-corrected chi connectivity index (χ0v) is 10.3. The molecule has 1 saturated heterocycles. The van der Waals surface area contributed by atoms with Crippen LogP contribution in [0.25, 0.3) is 0 Å². The minimum Gasteiger partial charge on any atom is -0.325 e. The van der Waals surface area contributed by atoms with Crippen molar-refractivity contribution in [1.82, 2.24) is 9.80 Å². The number of halogens is 3. The Labute approximate surface area is 99.6 Å². The molecule has 0 aliphatic carbocycles. The largest absolute Gasteiger partial charge is 0.406 e. The Morgan fingerprint density at radius 2 is 1.88 bits per heavy atom. The van der Waals surface area contributed by atoms with E-state index in [0.717, 1.165) is 17.7 Å². The van der Waals surface area contributed by atoms with Crippen LogP contribution in [0.1, 0.15) is 26.7 Å². The van der Waals surface area contributed by atoms with Crippen LogP contribution in [0.15, 0.2) is 0 Å². The number of alkyl halides is 3. The summed E-state index contributed by atoms with van der Waals surface area (Å²) in [7, 11) is 0. The highest BCUT2D eigenvalue weighted by Crippen LogP contribution is 2.20. The van der Waals surface area contributed by atoms with E-state index in [1.165, 1.54) is 4.90 Å². The molecule has 0 spiro atoms. The summed E-state index contributed by atoms with van der Waals surface area (Å²) in [4.78, 5) is 14.2. The molecule has 17 heavy (non-hydrogen) atoms. The third-order valence-corrected chi connectivity index (χ3v) is 3.08. The summed E-state index contributed by atoms with van der Waals surface area (Å²) >= 11 is 0. The Hall–Kier alpha value is -0.940. The lowest BCUT2D eigenvalue weighted by atomic mass is 10.00. The SMILES string of the molecule is CCN(CC(F)(F)F)C(=O)N1CCC(C)CC1. The van der Waals surface area contributed by atoms with Gasteiger partial charge in [0.15, 0.2) is 0 Å². The van der Waals surface area contributed by atoms with Crippen molar-refractivity contribution >= 4 is 6.03 Å². The summed E-state index contributed by atoms with van der Waals surface area (Å²) in [5, 5.41) is 0. The maximum atomic E-state index is 12.3. The molecule has 6 heteroatoms. The van der Waals surface area contributed by atoms with Gasteiger partial charge in [0.2, 0.25) is 0 Å². The highest BCUT2D eigenvalue weighted by molar-refractivity contribution is 5.74. The van der Waals surface area contributed by atoms with Crippen molar-refractivity contribution in [3.8, 4) is 0 Å². The topological polar surface area (TPSA) is 23.6 Å². The number of likely N-dealkylation sites (tertiary alicyclic amines) is 1. The quantitative estimate of drug-likeness (QED) is 0.741. The van der Waals surface area contributed by atoms with Crippen molar-refractivity contribution in [2.24, 2.45) is 5.92 Å². The Kier molecular flexibility index (Phi) is 4.65. The predicted octanol–water partition coefficient (Wildman–Crippen LogP) is 2.72.